The summed E-state index contributed by atoms with van der Waals surface area (Å²) in [4.78, 5) is 17.5. The molecule has 4 nitrogen and oxygen atoms in total. The summed E-state index contributed by atoms with van der Waals surface area (Å²) in [6, 6.07) is 7.87. The fourth-order valence-corrected chi connectivity index (χ4v) is 2.19. The van der Waals surface area contributed by atoms with Crippen molar-refractivity contribution in [3.8, 4) is 0 Å². The zero-order valence-corrected chi connectivity index (χ0v) is 13.3. The maximum Gasteiger partial charge on any atom is 0.165 e. The lowest BCUT2D eigenvalue weighted by Crippen LogP contribution is -2.17. The summed E-state index contributed by atoms with van der Waals surface area (Å²) in [7, 11) is 4.05. The number of ether oxygens (including phenoxy) is 1. The number of nitrogens with zero attached hydrogens (tertiary/aromatic N) is 1. The van der Waals surface area contributed by atoms with Gasteiger partial charge in [0.05, 0.1) is 13.2 Å². The van der Waals surface area contributed by atoms with Crippen molar-refractivity contribution in [2.45, 2.75) is 20.5 Å². The number of fused-ring (bicyclic) bond motifs is 1. The molecule has 1 heterocycles. The monoisotopic (exact) mass is 288 g/mol. The van der Waals surface area contributed by atoms with Crippen LogP contribution < -0.4 is 0 Å². The summed E-state index contributed by atoms with van der Waals surface area (Å²) in [5.74, 6) is 0.206. The van der Waals surface area contributed by atoms with Crippen LogP contribution in [0.2, 0.25) is 0 Å². The molecule has 0 aliphatic rings. The van der Waals surface area contributed by atoms with Crippen molar-refractivity contribution in [1.29, 1.82) is 0 Å². The molecule has 0 fully saturated rings. The van der Waals surface area contributed by atoms with Crippen molar-refractivity contribution in [2.24, 2.45) is 5.92 Å². The Bertz CT molecular complexity index is 614. The maximum atomic E-state index is 12.0. The van der Waals surface area contributed by atoms with Crippen LogP contribution in [-0.2, 0) is 11.3 Å². The Labute approximate surface area is 126 Å². The smallest absolute Gasteiger partial charge is 0.165 e. The van der Waals surface area contributed by atoms with Crippen LogP contribution in [0.1, 0.15) is 29.9 Å². The highest BCUT2D eigenvalue weighted by molar-refractivity contribution is 6.00. The number of hydrogen-bond donors (Lipinski definition) is 1. The van der Waals surface area contributed by atoms with Gasteiger partial charge in [0.1, 0.15) is 0 Å². The van der Waals surface area contributed by atoms with Gasteiger partial charge in [-0.1, -0.05) is 13.8 Å². The second-order valence-corrected chi connectivity index (χ2v) is 5.97. The number of carbonyl (C=O) groups excluding carboxylic acids is 1. The van der Waals surface area contributed by atoms with Crippen molar-refractivity contribution in [1.82, 2.24) is 9.88 Å². The minimum atomic E-state index is 0.0234. The number of likely N-dealkylation sites (N-methyl/N-ethyl adjacent to an activating group) is 1. The molecule has 2 aromatic rings. The van der Waals surface area contributed by atoms with Gasteiger partial charge in [0.2, 0.25) is 0 Å². The van der Waals surface area contributed by atoms with E-state index in [0.717, 1.165) is 28.7 Å². The first-order chi connectivity index (χ1) is 9.97. The van der Waals surface area contributed by atoms with Crippen LogP contribution in [0.15, 0.2) is 24.3 Å². The molecule has 0 aliphatic carbocycles. The lowest BCUT2D eigenvalue weighted by atomic mass is 10.0. The van der Waals surface area contributed by atoms with E-state index in [4.69, 9.17) is 4.74 Å². The number of benzene rings is 1. The van der Waals surface area contributed by atoms with Gasteiger partial charge in [0, 0.05) is 34.6 Å². The molecular formula is C17H24N2O2. The van der Waals surface area contributed by atoms with Crippen LogP contribution in [0.4, 0.5) is 0 Å². The van der Waals surface area contributed by atoms with Gasteiger partial charge in [0.25, 0.3) is 0 Å². The third-order valence-corrected chi connectivity index (χ3v) is 3.43. The number of nitrogens with one attached hydrogen (secondary N) is 1. The summed E-state index contributed by atoms with van der Waals surface area (Å²) in [6.45, 7) is 6.03. The van der Waals surface area contributed by atoms with Gasteiger partial charge in [-0.3, -0.25) is 4.79 Å². The van der Waals surface area contributed by atoms with Crippen LogP contribution in [0, 0.1) is 5.92 Å². The number of hydrogen-bond acceptors (Lipinski definition) is 3. The standard InChI is InChI=1S/C17H24N2O2/c1-12(2)17(20)13-5-6-16-14(9-13)10-15(18-16)11-21-8-7-19(3)4/h5-6,9-10,12,18H,7-8,11H2,1-4H3. The molecule has 0 saturated heterocycles. The lowest BCUT2D eigenvalue weighted by molar-refractivity contribution is 0.0939. The number of aromatic amines is 1. The molecule has 0 saturated carbocycles. The Balaban J connectivity index is 2.06. The van der Waals surface area contributed by atoms with Gasteiger partial charge in [-0.15, -0.1) is 0 Å². The van der Waals surface area contributed by atoms with Gasteiger partial charge < -0.3 is 14.6 Å². The summed E-state index contributed by atoms with van der Waals surface area (Å²) in [6.07, 6.45) is 0. The van der Waals surface area contributed by atoms with Gasteiger partial charge >= 0.3 is 0 Å². The van der Waals surface area contributed by atoms with Gasteiger partial charge in [-0.2, -0.15) is 0 Å². The van der Waals surface area contributed by atoms with E-state index in [1.165, 1.54) is 0 Å². The van der Waals surface area contributed by atoms with Crippen molar-refractivity contribution < 1.29 is 9.53 Å². The highest BCUT2D eigenvalue weighted by atomic mass is 16.5. The van der Waals surface area contributed by atoms with E-state index in [9.17, 15) is 4.79 Å². The van der Waals surface area contributed by atoms with Crippen molar-refractivity contribution >= 4 is 16.7 Å². The van der Waals surface area contributed by atoms with Gasteiger partial charge in [0.15, 0.2) is 5.78 Å². The van der Waals surface area contributed by atoms with Crippen LogP contribution in [-0.4, -0.2) is 42.9 Å². The summed E-state index contributed by atoms with van der Waals surface area (Å²) >= 11 is 0. The number of ketones is 1. The van der Waals surface area contributed by atoms with Gasteiger partial charge in [-0.05, 0) is 38.4 Å². The second-order valence-electron chi connectivity index (χ2n) is 5.97. The topological polar surface area (TPSA) is 45.3 Å². The average molecular weight is 288 g/mol. The minimum absolute atomic E-state index is 0.0234. The van der Waals surface area contributed by atoms with E-state index in [-0.39, 0.29) is 11.7 Å². The SMILES string of the molecule is CC(C)C(=O)c1ccc2[nH]c(COCCN(C)C)cc2c1. The lowest BCUT2D eigenvalue weighted by Gasteiger charge is -2.08. The first kappa shape index (κ1) is 15.7. The second kappa shape index (κ2) is 6.87. The molecule has 0 atom stereocenters. The molecule has 4 heteroatoms. The third kappa shape index (κ3) is 4.16. The molecule has 114 valence electrons. The van der Waals surface area contributed by atoms with E-state index < -0.39 is 0 Å². The molecule has 0 unspecified atom stereocenters. The van der Waals surface area contributed by atoms with Gasteiger partial charge in [-0.25, -0.2) is 0 Å². The Morgan fingerprint density at radius 2 is 2.05 bits per heavy atom. The molecule has 0 aliphatic heterocycles. The molecule has 1 N–H and O–H groups in total. The number of carbonyl (C=O) groups is 1. The molecular weight excluding hydrogens is 264 g/mol. The maximum absolute atomic E-state index is 12.0. The fraction of sp³-hybridized carbons (Fsp3) is 0.471. The van der Waals surface area contributed by atoms with Crippen LogP contribution in [0.25, 0.3) is 10.9 Å². The van der Waals surface area contributed by atoms with E-state index in [1.807, 2.05) is 46.1 Å². The molecule has 21 heavy (non-hydrogen) atoms. The van der Waals surface area contributed by atoms with Crippen LogP contribution >= 0.6 is 0 Å². The van der Waals surface area contributed by atoms with E-state index >= 15 is 0 Å². The van der Waals surface area contributed by atoms with E-state index in [0.29, 0.717) is 13.2 Å². The average Bonchev–Trinajstić information content (AvgIpc) is 2.84. The zero-order chi connectivity index (χ0) is 15.4. The predicted octanol–water partition coefficient (Wildman–Crippen LogP) is 3.08. The Morgan fingerprint density at radius 3 is 2.71 bits per heavy atom. The van der Waals surface area contributed by atoms with Crippen LogP contribution in [0.5, 0.6) is 0 Å². The molecule has 0 radical (unpaired) electrons. The summed E-state index contributed by atoms with van der Waals surface area (Å²) < 4.78 is 5.64. The number of aromatic nitrogens is 1. The first-order valence-electron chi connectivity index (χ1n) is 7.35. The number of H-pyrrole nitrogens is 1. The van der Waals surface area contributed by atoms with Crippen molar-refractivity contribution in [3.63, 3.8) is 0 Å². The minimum Gasteiger partial charge on any atom is -0.374 e. The van der Waals surface area contributed by atoms with Crippen molar-refractivity contribution in [2.75, 3.05) is 27.2 Å². The normalized spacial score (nSPS) is 11.7. The zero-order valence-electron chi connectivity index (χ0n) is 13.3. The first-order valence-corrected chi connectivity index (χ1v) is 7.35. The summed E-state index contributed by atoms with van der Waals surface area (Å²) in [5, 5.41) is 1.06. The van der Waals surface area contributed by atoms with Crippen molar-refractivity contribution in [3.05, 3.63) is 35.5 Å². The molecule has 0 spiro atoms. The number of rotatable bonds is 7. The van der Waals surface area contributed by atoms with Crippen LogP contribution in [0.3, 0.4) is 0 Å². The molecule has 1 aromatic heterocycles. The molecule has 0 amide bonds. The predicted molar refractivity (Wildman–Crippen MR) is 85.7 cm³/mol. The number of Topliss-reactive ketones (excluding diaryl/α,β-unsaturated/α-hetero) is 1. The fourth-order valence-electron chi connectivity index (χ4n) is 2.19. The summed E-state index contributed by atoms with van der Waals surface area (Å²) in [5.41, 5.74) is 2.86. The third-order valence-electron chi connectivity index (χ3n) is 3.43. The quantitative estimate of drug-likeness (QED) is 0.629. The Hall–Kier alpha value is -1.65. The molecule has 1 aromatic carbocycles. The van der Waals surface area contributed by atoms with E-state index in [2.05, 4.69) is 16.0 Å². The highest BCUT2D eigenvalue weighted by Gasteiger charge is 2.11. The molecule has 2 rings (SSSR count). The largest absolute Gasteiger partial charge is 0.374 e. The Morgan fingerprint density at radius 1 is 1.29 bits per heavy atom. The highest BCUT2D eigenvalue weighted by Crippen LogP contribution is 2.19. The molecule has 0 bridgehead atoms. The Kier molecular flexibility index (Phi) is 5.15. The van der Waals surface area contributed by atoms with E-state index in [1.54, 1.807) is 0 Å².